The zero-order valence-electron chi connectivity index (χ0n) is 17.0. The highest BCUT2D eigenvalue weighted by atomic mass is 35.5. The predicted molar refractivity (Wildman–Crippen MR) is 135 cm³/mol. The molecule has 1 saturated heterocycles. The van der Waals surface area contributed by atoms with Crippen molar-refractivity contribution in [3.05, 3.63) is 65.8 Å². The second kappa shape index (κ2) is 10.7. The van der Waals surface area contributed by atoms with Crippen LogP contribution in [0, 0.1) is 0 Å². The molecule has 5 nitrogen and oxygen atoms in total. The molecule has 4 heterocycles. The van der Waals surface area contributed by atoms with Crippen molar-refractivity contribution in [2.45, 2.75) is 18.8 Å². The topological polar surface area (TPSA) is 47.7 Å². The van der Waals surface area contributed by atoms with Crippen LogP contribution in [-0.2, 0) is 7.05 Å². The Bertz CT molecular complexity index is 1130. The monoisotopic (exact) mass is 499 g/mol. The maximum Gasteiger partial charge on any atom is 0.0948 e. The van der Waals surface area contributed by atoms with Gasteiger partial charge < -0.3 is 14.5 Å². The number of aromatic nitrogens is 4. The largest absolute Gasteiger partial charge is 0.333 e. The minimum atomic E-state index is 0. The van der Waals surface area contributed by atoms with Gasteiger partial charge in [0.1, 0.15) is 0 Å². The zero-order valence-corrected chi connectivity index (χ0v) is 20.2. The van der Waals surface area contributed by atoms with E-state index in [1.54, 1.807) is 0 Å². The van der Waals surface area contributed by atoms with E-state index < -0.39 is 0 Å². The van der Waals surface area contributed by atoms with Gasteiger partial charge in [0.2, 0.25) is 0 Å². The number of imidazole rings is 1. The van der Waals surface area contributed by atoms with Crippen LogP contribution in [0.3, 0.4) is 0 Å². The van der Waals surface area contributed by atoms with Gasteiger partial charge in [-0.3, -0.25) is 4.98 Å². The quantitative estimate of drug-likeness (QED) is 0.386. The van der Waals surface area contributed by atoms with Gasteiger partial charge >= 0.3 is 0 Å². The highest BCUT2D eigenvalue weighted by molar-refractivity contribution is 6.30. The Kier molecular flexibility index (Phi) is 8.81. The van der Waals surface area contributed by atoms with Gasteiger partial charge in [-0.2, -0.15) is 0 Å². The Balaban J connectivity index is 0.00000114. The van der Waals surface area contributed by atoms with Crippen molar-refractivity contribution < 1.29 is 0 Å². The number of rotatable bonds is 3. The van der Waals surface area contributed by atoms with Gasteiger partial charge in [0.15, 0.2) is 0 Å². The molecule has 0 atom stereocenters. The summed E-state index contributed by atoms with van der Waals surface area (Å²) in [5.41, 5.74) is 5.92. The van der Waals surface area contributed by atoms with E-state index in [0.717, 1.165) is 47.9 Å². The van der Waals surface area contributed by atoms with Crippen LogP contribution in [0.4, 0.5) is 0 Å². The molecular weight excluding hydrogens is 476 g/mol. The number of fused-ring (bicyclic) bond motifs is 1. The summed E-state index contributed by atoms with van der Waals surface area (Å²) in [6, 6.07) is 10.2. The molecule has 5 rings (SSSR count). The molecule has 1 N–H and O–H groups in total. The lowest BCUT2D eigenvalue weighted by molar-refractivity contribution is 0.462. The summed E-state index contributed by atoms with van der Waals surface area (Å²) in [4.78, 5) is 8.84. The Labute approximate surface area is 205 Å². The van der Waals surface area contributed by atoms with Crippen molar-refractivity contribution in [3.8, 4) is 17.1 Å². The number of hydrogen-bond acceptors (Lipinski definition) is 3. The van der Waals surface area contributed by atoms with Crippen molar-refractivity contribution in [2.24, 2.45) is 7.05 Å². The van der Waals surface area contributed by atoms with Crippen molar-refractivity contribution in [1.29, 1.82) is 0 Å². The minimum absolute atomic E-state index is 0. The molecule has 0 radical (unpaired) electrons. The molecule has 0 bridgehead atoms. The molecule has 0 unspecified atom stereocenters. The van der Waals surface area contributed by atoms with Crippen LogP contribution < -0.4 is 5.32 Å². The highest BCUT2D eigenvalue weighted by Gasteiger charge is 2.28. The lowest BCUT2D eigenvalue weighted by atomic mass is 9.87. The van der Waals surface area contributed by atoms with E-state index >= 15 is 0 Å². The number of nitrogens with one attached hydrogen (secondary N) is 1. The maximum atomic E-state index is 6.17. The van der Waals surface area contributed by atoms with E-state index in [4.69, 9.17) is 11.6 Å². The third-order valence-corrected chi connectivity index (χ3v) is 5.95. The number of pyridine rings is 1. The number of aryl methyl sites for hydroxylation is 1. The Morgan fingerprint density at radius 2 is 1.68 bits per heavy atom. The summed E-state index contributed by atoms with van der Waals surface area (Å²) in [6.45, 7) is 2.10. The molecule has 0 aliphatic carbocycles. The number of piperidine rings is 1. The van der Waals surface area contributed by atoms with Crippen LogP contribution in [0.25, 0.3) is 28.0 Å². The van der Waals surface area contributed by atoms with Crippen LogP contribution in [-0.4, -0.2) is 32.2 Å². The second-order valence-electron chi connectivity index (χ2n) is 7.38. The van der Waals surface area contributed by atoms with E-state index in [0.29, 0.717) is 5.92 Å². The lowest BCUT2D eigenvalue weighted by Gasteiger charge is -2.24. The molecule has 3 aromatic heterocycles. The second-order valence-corrected chi connectivity index (χ2v) is 7.82. The third kappa shape index (κ3) is 4.57. The molecule has 1 aliphatic heterocycles. The summed E-state index contributed by atoms with van der Waals surface area (Å²) < 4.78 is 4.41. The molecule has 1 aromatic carbocycles. The lowest BCUT2D eigenvalue weighted by Crippen LogP contribution is -2.26. The Morgan fingerprint density at radius 1 is 0.968 bits per heavy atom. The van der Waals surface area contributed by atoms with Crippen LogP contribution in [0.1, 0.15) is 24.3 Å². The summed E-state index contributed by atoms with van der Waals surface area (Å²) in [5, 5.41) is 5.50. The molecule has 1 aliphatic rings. The highest BCUT2D eigenvalue weighted by Crippen LogP contribution is 2.42. The Hall–Kier alpha value is -1.76. The average molecular weight is 501 g/mol. The van der Waals surface area contributed by atoms with Crippen LogP contribution in [0.5, 0.6) is 0 Å². The fourth-order valence-corrected chi connectivity index (χ4v) is 4.51. The summed E-state index contributed by atoms with van der Waals surface area (Å²) in [5.74, 6) is 0.504. The zero-order chi connectivity index (χ0) is 19.1. The first-order valence-electron chi connectivity index (χ1n) is 9.65. The predicted octanol–water partition coefficient (Wildman–Crippen LogP) is 5.81. The molecule has 4 aromatic rings. The fraction of sp³-hybridized carbons (Fsp3) is 0.273. The van der Waals surface area contributed by atoms with Gasteiger partial charge in [0.25, 0.3) is 0 Å². The first-order valence-corrected chi connectivity index (χ1v) is 10.0. The number of halogens is 4. The molecule has 9 heteroatoms. The van der Waals surface area contributed by atoms with E-state index in [1.807, 2.05) is 37.1 Å². The molecular formula is C22H25Cl4N5. The van der Waals surface area contributed by atoms with Crippen molar-refractivity contribution in [1.82, 2.24) is 24.4 Å². The molecule has 166 valence electrons. The molecule has 0 spiro atoms. The molecule has 0 amide bonds. The molecule has 1 fully saturated rings. The SMILES string of the molecule is Cl.Cl.Cl.Cn1cncc1-c1c(C2CCNCC2)c2ccncc2n1-c1ccc(Cl)cc1. The summed E-state index contributed by atoms with van der Waals surface area (Å²) >= 11 is 6.17. The van der Waals surface area contributed by atoms with Gasteiger partial charge in [-0.15, -0.1) is 37.2 Å². The van der Waals surface area contributed by atoms with Gasteiger partial charge in [-0.25, -0.2) is 4.98 Å². The summed E-state index contributed by atoms with van der Waals surface area (Å²) in [6.07, 6.45) is 9.95. The maximum absolute atomic E-state index is 6.17. The Morgan fingerprint density at radius 3 is 2.32 bits per heavy atom. The van der Waals surface area contributed by atoms with Crippen LogP contribution in [0.2, 0.25) is 5.02 Å². The van der Waals surface area contributed by atoms with E-state index in [1.165, 1.54) is 16.6 Å². The third-order valence-electron chi connectivity index (χ3n) is 5.70. The number of hydrogen-bond donors (Lipinski definition) is 1. The van der Waals surface area contributed by atoms with E-state index in [2.05, 4.69) is 49.7 Å². The van der Waals surface area contributed by atoms with E-state index in [9.17, 15) is 0 Å². The smallest absolute Gasteiger partial charge is 0.0948 e. The van der Waals surface area contributed by atoms with Crippen LogP contribution in [0.15, 0.2) is 55.2 Å². The first-order chi connectivity index (χ1) is 13.7. The average Bonchev–Trinajstić information content (AvgIpc) is 3.30. The van der Waals surface area contributed by atoms with Gasteiger partial charge in [-0.1, -0.05) is 11.6 Å². The number of nitrogens with zero attached hydrogens (tertiary/aromatic N) is 4. The standard InChI is InChI=1S/C22H22ClN5.3ClH/c1-27-14-26-13-20(27)22-21(15-6-9-24-10-7-15)18-8-11-25-12-19(18)28(22)17-4-2-16(23)3-5-17;;;/h2-5,8,11-15,24H,6-7,9-10H2,1H3;3*1H. The van der Waals surface area contributed by atoms with E-state index in [-0.39, 0.29) is 37.2 Å². The normalized spacial score (nSPS) is 13.9. The summed E-state index contributed by atoms with van der Waals surface area (Å²) in [7, 11) is 2.05. The fourth-order valence-electron chi connectivity index (χ4n) is 4.38. The van der Waals surface area contributed by atoms with Gasteiger partial charge in [0.05, 0.1) is 35.6 Å². The minimum Gasteiger partial charge on any atom is -0.333 e. The van der Waals surface area contributed by atoms with Crippen molar-refractivity contribution >= 4 is 59.7 Å². The van der Waals surface area contributed by atoms with Crippen LogP contribution >= 0.6 is 48.8 Å². The van der Waals surface area contributed by atoms with Crippen molar-refractivity contribution in [3.63, 3.8) is 0 Å². The number of benzene rings is 1. The van der Waals surface area contributed by atoms with Gasteiger partial charge in [0, 0.05) is 29.3 Å². The molecule has 0 saturated carbocycles. The van der Waals surface area contributed by atoms with Crippen molar-refractivity contribution in [2.75, 3.05) is 13.1 Å². The first kappa shape index (κ1) is 25.5. The molecule has 31 heavy (non-hydrogen) atoms. The van der Waals surface area contributed by atoms with Gasteiger partial charge in [-0.05, 0) is 67.7 Å².